The van der Waals surface area contributed by atoms with Crippen LogP contribution in [0.25, 0.3) is 10.9 Å². The minimum Gasteiger partial charge on any atom is -0.497 e. The summed E-state index contributed by atoms with van der Waals surface area (Å²) in [5.74, 6) is 0.207. The minimum atomic E-state index is -0.411. The van der Waals surface area contributed by atoms with Crippen molar-refractivity contribution in [2.75, 3.05) is 33.4 Å². The van der Waals surface area contributed by atoms with Crippen LogP contribution >= 0.6 is 0 Å². The Bertz CT molecular complexity index is 1150. The monoisotopic (exact) mass is 409 g/mol. The highest BCUT2D eigenvalue weighted by molar-refractivity contribution is 5.96. The lowest BCUT2D eigenvalue weighted by Crippen LogP contribution is -2.67. The largest absolute Gasteiger partial charge is 0.497 e. The first-order valence-corrected chi connectivity index (χ1v) is 10.0. The maximum Gasteiger partial charge on any atom is 0.254 e. The number of aromatic nitrogens is 1. The molecular weight excluding hydrogens is 385 g/mol. The Labute approximate surface area is 173 Å². The smallest absolute Gasteiger partial charge is 0.254 e. The van der Waals surface area contributed by atoms with E-state index in [2.05, 4.69) is 16.0 Å². The van der Waals surface area contributed by atoms with E-state index in [1.165, 1.54) is 17.7 Å². The number of aliphatic hydroxyl groups is 1. The summed E-state index contributed by atoms with van der Waals surface area (Å²) in [6, 6.07) is 11.7. The lowest BCUT2D eigenvalue weighted by atomic mass is 9.69. The third kappa shape index (κ3) is 2.66. The summed E-state index contributed by atoms with van der Waals surface area (Å²) < 4.78 is 21.1. The van der Waals surface area contributed by atoms with Crippen molar-refractivity contribution in [2.24, 2.45) is 7.05 Å². The summed E-state index contributed by atoms with van der Waals surface area (Å²) in [5, 5.41) is 14.5. The lowest BCUT2D eigenvalue weighted by molar-refractivity contribution is 0.0337. The van der Waals surface area contributed by atoms with Crippen LogP contribution in [0.2, 0.25) is 0 Å². The molecule has 5 rings (SSSR count). The van der Waals surface area contributed by atoms with Gasteiger partial charge >= 0.3 is 0 Å². The van der Waals surface area contributed by atoms with Gasteiger partial charge in [-0.3, -0.25) is 4.79 Å². The number of halogens is 1. The number of benzene rings is 2. The maximum atomic E-state index is 13.6. The number of nitrogens with one attached hydrogen (secondary N) is 1. The zero-order valence-electron chi connectivity index (χ0n) is 17.0. The summed E-state index contributed by atoms with van der Waals surface area (Å²) in [7, 11) is 3.64. The molecule has 1 saturated heterocycles. The third-order valence-corrected chi connectivity index (χ3v) is 6.53. The van der Waals surface area contributed by atoms with Crippen molar-refractivity contribution >= 4 is 16.8 Å². The third-order valence-electron chi connectivity index (χ3n) is 6.53. The van der Waals surface area contributed by atoms with Gasteiger partial charge in [0.2, 0.25) is 0 Å². The SMILES string of the molecule is COc1ccc2c3c(n(C)c2c1)[C@H](CO)NCC31CN(C(=O)c2cccc(F)c2)C1. The first-order valence-electron chi connectivity index (χ1n) is 10.0. The van der Waals surface area contributed by atoms with E-state index in [0.29, 0.717) is 25.2 Å². The van der Waals surface area contributed by atoms with Crippen LogP contribution in [0.4, 0.5) is 4.39 Å². The average molecular weight is 409 g/mol. The predicted molar refractivity (Wildman–Crippen MR) is 111 cm³/mol. The van der Waals surface area contributed by atoms with Gasteiger partial charge in [-0.15, -0.1) is 0 Å². The van der Waals surface area contributed by atoms with Gasteiger partial charge in [0.15, 0.2) is 0 Å². The standard InChI is InChI=1S/C23H24FN3O3/c1-26-19-9-16(30-2)6-7-17(19)20-21(26)18(10-28)25-11-23(20)12-27(13-23)22(29)14-4-3-5-15(24)8-14/h3-9,18,25,28H,10-13H2,1-2H3/t18-/m0/s1. The molecule has 0 saturated carbocycles. The number of methoxy groups -OCH3 is 1. The van der Waals surface area contributed by atoms with Gasteiger partial charge in [0, 0.05) is 54.8 Å². The van der Waals surface area contributed by atoms with Gasteiger partial charge in [-0.05, 0) is 35.9 Å². The molecule has 2 aliphatic heterocycles. The van der Waals surface area contributed by atoms with E-state index in [9.17, 15) is 14.3 Å². The average Bonchev–Trinajstić information content (AvgIpc) is 3.04. The first kappa shape index (κ1) is 19.1. The van der Waals surface area contributed by atoms with Gasteiger partial charge in [0.05, 0.1) is 25.3 Å². The summed E-state index contributed by atoms with van der Waals surface area (Å²) >= 11 is 0. The Morgan fingerprint density at radius 3 is 2.80 bits per heavy atom. The number of aryl methyl sites for hydroxylation is 1. The molecule has 1 aromatic heterocycles. The van der Waals surface area contributed by atoms with Gasteiger partial charge in [-0.25, -0.2) is 4.39 Å². The van der Waals surface area contributed by atoms with E-state index in [4.69, 9.17) is 4.74 Å². The molecule has 2 N–H and O–H groups in total. The molecule has 0 aliphatic carbocycles. The van der Waals surface area contributed by atoms with E-state index in [1.54, 1.807) is 24.1 Å². The van der Waals surface area contributed by atoms with Crippen molar-refractivity contribution in [2.45, 2.75) is 11.5 Å². The summed E-state index contributed by atoms with van der Waals surface area (Å²) in [6.07, 6.45) is 0. The van der Waals surface area contributed by atoms with Crippen molar-refractivity contribution < 1.29 is 19.0 Å². The number of hydrogen-bond donors (Lipinski definition) is 2. The fourth-order valence-corrected chi connectivity index (χ4v) is 5.08. The molecule has 3 heterocycles. The molecule has 3 aromatic rings. The molecule has 1 fully saturated rings. The Balaban J connectivity index is 1.55. The van der Waals surface area contributed by atoms with E-state index < -0.39 is 5.82 Å². The minimum absolute atomic E-state index is 0.00366. The molecular formula is C23H24FN3O3. The first-order chi connectivity index (χ1) is 14.5. The van der Waals surface area contributed by atoms with Gasteiger partial charge in [-0.1, -0.05) is 6.07 Å². The number of nitrogens with zero attached hydrogens (tertiary/aromatic N) is 2. The summed E-state index contributed by atoms with van der Waals surface area (Å²) in [6.45, 7) is 1.76. The van der Waals surface area contributed by atoms with Crippen LogP contribution in [-0.2, 0) is 12.5 Å². The van der Waals surface area contributed by atoms with Crippen molar-refractivity contribution in [1.29, 1.82) is 0 Å². The number of fused-ring (bicyclic) bond motifs is 4. The van der Waals surface area contributed by atoms with Gasteiger partial charge < -0.3 is 24.6 Å². The highest BCUT2D eigenvalue weighted by Crippen LogP contribution is 2.46. The number of ether oxygens (including phenoxy) is 1. The van der Waals surface area contributed by atoms with Crippen LogP contribution < -0.4 is 10.1 Å². The Morgan fingerprint density at radius 1 is 1.30 bits per heavy atom. The number of carbonyl (C=O) groups is 1. The summed E-state index contributed by atoms with van der Waals surface area (Å²) in [4.78, 5) is 14.6. The fraction of sp³-hybridized carbons (Fsp3) is 0.348. The molecule has 2 aromatic carbocycles. The quantitative estimate of drug-likeness (QED) is 0.697. The van der Waals surface area contributed by atoms with Crippen LogP contribution in [0.1, 0.15) is 27.7 Å². The molecule has 30 heavy (non-hydrogen) atoms. The molecule has 1 atom stereocenters. The number of amides is 1. The second kappa shape index (κ2) is 6.82. The molecule has 0 bridgehead atoms. The van der Waals surface area contributed by atoms with Crippen LogP contribution in [0.15, 0.2) is 42.5 Å². The van der Waals surface area contributed by atoms with Crippen LogP contribution in [0, 0.1) is 5.82 Å². The number of likely N-dealkylation sites (tertiary alicyclic amines) is 1. The Kier molecular flexibility index (Phi) is 4.34. The van der Waals surface area contributed by atoms with Crippen LogP contribution in [0.3, 0.4) is 0 Å². The molecule has 7 heteroatoms. The van der Waals surface area contributed by atoms with Crippen molar-refractivity contribution in [3.05, 3.63) is 65.1 Å². The van der Waals surface area contributed by atoms with Crippen molar-refractivity contribution in [3.63, 3.8) is 0 Å². The number of aliphatic hydroxyl groups excluding tert-OH is 1. The zero-order chi connectivity index (χ0) is 21.0. The molecule has 1 amide bonds. The molecule has 1 spiro atoms. The maximum absolute atomic E-state index is 13.6. The van der Waals surface area contributed by atoms with Crippen LogP contribution in [0.5, 0.6) is 5.75 Å². The second-order valence-electron chi connectivity index (χ2n) is 8.27. The second-order valence-corrected chi connectivity index (χ2v) is 8.27. The molecule has 0 radical (unpaired) electrons. The van der Waals surface area contributed by atoms with Gasteiger partial charge in [0.25, 0.3) is 5.91 Å². The highest BCUT2D eigenvalue weighted by Gasteiger charge is 2.52. The molecule has 0 unspecified atom stereocenters. The van der Waals surface area contributed by atoms with Crippen LogP contribution in [-0.4, -0.2) is 53.8 Å². The van der Waals surface area contributed by atoms with Gasteiger partial charge in [0.1, 0.15) is 11.6 Å². The predicted octanol–water partition coefficient (Wildman–Crippen LogP) is 2.36. The van der Waals surface area contributed by atoms with E-state index >= 15 is 0 Å². The Hall–Kier alpha value is -2.90. The van der Waals surface area contributed by atoms with Crippen molar-refractivity contribution in [3.8, 4) is 5.75 Å². The van der Waals surface area contributed by atoms with Crippen molar-refractivity contribution in [1.82, 2.24) is 14.8 Å². The summed E-state index contributed by atoms with van der Waals surface area (Å²) in [5.41, 5.74) is 3.40. The Morgan fingerprint density at radius 2 is 2.10 bits per heavy atom. The topological polar surface area (TPSA) is 66.7 Å². The molecule has 156 valence electrons. The molecule has 2 aliphatic rings. The highest BCUT2D eigenvalue weighted by atomic mass is 19.1. The molecule has 6 nitrogen and oxygen atoms in total. The normalized spacial score (nSPS) is 19.6. The van der Waals surface area contributed by atoms with Gasteiger partial charge in [-0.2, -0.15) is 0 Å². The zero-order valence-corrected chi connectivity index (χ0v) is 17.0. The number of rotatable bonds is 3. The van der Waals surface area contributed by atoms with E-state index in [1.807, 2.05) is 19.2 Å². The lowest BCUT2D eigenvalue weighted by Gasteiger charge is -2.53. The van der Waals surface area contributed by atoms with E-state index in [0.717, 1.165) is 22.3 Å². The fourth-order valence-electron chi connectivity index (χ4n) is 5.08. The number of carbonyl (C=O) groups excluding carboxylic acids is 1. The number of hydrogen-bond acceptors (Lipinski definition) is 4. The van der Waals surface area contributed by atoms with E-state index in [-0.39, 0.29) is 24.0 Å².